The molecule has 1 aromatic rings. The van der Waals surface area contributed by atoms with Crippen molar-refractivity contribution in [3.63, 3.8) is 0 Å². The van der Waals surface area contributed by atoms with Gasteiger partial charge in [-0.3, -0.25) is 14.4 Å². The van der Waals surface area contributed by atoms with Crippen LogP contribution in [0, 0.1) is 0 Å². The average molecular weight is 410 g/mol. The van der Waals surface area contributed by atoms with Gasteiger partial charge in [0.2, 0.25) is 5.91 Å². The van der Waals surface area contributed by atoms with Gasteiger partial charge in [-0.15, -0.1) is 0 Å². The first kappa shape index (κ1) is 20.5. The van der Waals surface area contributed by atoms with Crippen molar-refractivity contribution < 1.29 is 19.1 Å². The molecule has 3 amide bonds. The second-order valence-electron chi connectivity index (χ2n) is 7.30. The van der Waals surface area contributed by atoms with Crippen LogP contribution in [0.2, 0.25) is 0 Å². The Balaban J connectivity index is 1.71. The molecule has 9 nitrogen and oxygen atoms in total. The maximum absolute atomic E-state index is 13.2. The fourth-order valence-electron chi connectivity index (χ4n) is 3.76. The number of carbonyl (C=O) groups excluding carboxylic acids is 3. The van der Waals surface area contributed by atoms with Gasteiger partial charge in [-0.05, 0) is 37.2 Å². The highest BCUT2D eigenvalue weighted by molar-refractivity contribution is 7.09. The summed E-state index contributed by atoms with van der Waals surface area (Å²) < 4.78 is 9.43. The first-order chi connectivity index (χ1) is 13.5. The van der Waals surface area contributed by atoms with E-state index in [0.717, 1.165) is 63.1 Å². The standard InChI is InChI=1S/C18H27N5O4S/c19-14-15(17(20)25)22-28-16(14)18(26)23(11-5-2-1-3-6-11)10-13(24)21-9-12-7-4-8-27-12/h11-12H,1-10,19H2,(H2,20,25)(H,21,24). The lowest BCUT2D eigenvalue weighted by molar-refractivity contribution is -0.122. The summed E-state index contributed by atoms with van der Waals surface area (Å²) >= 11 is 0.847. The molecule has 1 aliphatic heterocycles. The van der Waals surface area contributed by atoms with Crippen molar-refractivity contribution in [1.82, 2.24) is 14.6 Å². The van der Waals surface area contributed by atoms with Crippen LogP contribution in [0.4, 0.5) is 5.69 Å². The molecule has 0 spiro atoms. The Kier molecular flexibility index (Phi) is 6.84. The maximum atomic E-state index is 13.2. The van der Waals surface area contributed by atoms with Crippen LogP contribution in [-0.2, 0) is 9.53 Å². The number of nitrogens with zero attached hydrogens (tertiary/aromatic N) is 2. The third-order valence-corrected chi connectivity index (χ3v) is 6.15. The van der Waals surface area contributed by atoms with Crippen LogP contribution in [0.15, 0.2) is 0 Å². The van der Waals surface area contributed by atoms with E-state index in [0.29, 0.717) is 6.54 Å². The molecular formula is C18H27N5O4S. The summed E-state index contributed by atoms with van der Waals surface area (Å²) in [6, 6.07) is -0.0340. The van der Waals surface area contributed by atoms with Gasteiger partial charge in [0.25, 0.3) is 11.8 Å². The largest absolute Gasteiger partial charge is 0.395 e. The molecule has 2 fully saturated rings. The number of carbonyl (C=O) groups is 3. The lowest BCUT2D eigenvalue weighted by Gasteiger charge is -2.33. The van der Waals surface area contributed by atoms with Crippen LogP contribution in [0.1, 0.15) is 65.1 Å². The van der Waals surface area contributed by atoms with Crippen molar-refractivity contribution in [2.45, 2.75) is 57.1 Å². The third kappa shape index (κ3) is 4.79. The van der Waals surface area contributed by atoms with E-state index < -0.39 is 5.91 Å². The molecule has 154 valence electrons. The van der Waals surface area contributed by atoms with Gasteiger partial charge in [0.1, 0.15) is 11.4 Å². The van der Waals surface area contributed by atoms with Crippen LogP contribution in [0.3, 0.4) is 0 Å². The van der Waals surface area contributed by atoms with Crippen LogP contribution in [0.25, 0.3) is 0 Å². The summed E-state index contributed by atoms with van der Waals surface area (Å²) in [5.74, 6) is -1.37. The van der Waals surface area contributed by atoms with Crippen molar-refractivity contribution in [3.05, 3.63) is 10.6 Å². The van der Waals surface area contributed by atoms with Gasteiger partial charge in [0.15, 0.2) is 5.69 Å². The molecule has 0 bridgehead atoms. The molecule has 3 rings (SSSR count). The van der Waals surface area contributed by atoms with E-state index in [4.69, 9.17) is 16.2 Å². The number of primary amides is 1. The van der Waals surface area contributed by atoms with Crippen molar-refractivity contribution in [2.75, 3.05) is 25.4 Å². The fourth-order valence-corrected chi connectivity index (χ4v) is 4.52. The van der Waals surface area contributed by atoms with Gasteiger partial charge in [0.05, 0.1) is 11.8 Å². The number of hydrogen-bond acceptors (Lipinski definition) is 7. The van der Waals surface area contributed by atoms with E-state index in [9.17, 15) is 14.4 Å². The number of amides is 3. The smallest absolute Gasteiger partial charge is 0.270 e. The summed E-state index contributed by atoms with van der Waals surface area (Å²) in [5.41, 5.74) is 11.1. The Morgan fingerprint density at radius 3 is 2.54 bits per heavy atom. The number of nitrogen functional groups attached to an aromatic ring is 1. The lowest BCUT2D eigenvalue weighted by atomic mass is 9.94. The van der Waals surface area contributed by atoms with E-state index in [1.807, 2.05) is 0 Å². The van der Waals surface area contributed by atoms with E-state index >= 15 is 0 Å². The van der Waals surface area contributed by atoms with Gasteiger partial charge in [-0.25, -0.2) is 0 Å². The van der Waals surface area contributed by atoms with Gasteiger partial charge >= 0.3 is 0 Å². The molecule has 28 heavy (non-hydrogen) atoms. The highest BCUT2D eigenvalue weighted by Gasteiger charge is 2.32. The molecule has 1 saturated heterocycles. The summed E-state index contributed by atoms with van der Waals surface area (Å²) in [4.78, 5) is 38.8. The Hall–Kier alpha value is -2.20. The second-order valence-corrected chi connectivity index (χ2v) is 8.08. The molecule has 1 unspecified atom stereocenters. The molecule has 2 aliphatic rings. The number of aromatic nitrogens is 1. The first-order valence-corrected chi connectivity index (χ1v) is 10.5. The zero-order chi connectivity index (χ0) is 20.1. The predicted octanol–water partition coefficient (Wildman–Crippen LogP) is 0.894. The summed E-state index contributed by atoms with van der Waals surface area (Å²) in [5, 5.41) is 2.86. The van der Waals surface area contributed by atoms with E-state index in [1.54, 1.807) is 4.90 Å². The van der Waals surface area contributed by atoms with Gasteiger partial charge in [-0.1, -0.05) is 19.3 Å². The molecule has 1 aliphatic carbocycles. The number of anilines is 1. The summed E-state index contributed by atoms with van der Waals surface area (Å²) in [6.07, 6.45) is 6.79. The third-order valence-electron chi connectivity index (χ3n) is 5.30. The number of hydrogen-bond donors (Lipinski definition) is 3. The Bertz CT molecular complexity index is 726. The molecule has 1 atom stereocenters. The molecular weight excluding hydrogens is 382 g/mol. The minimum absolute atomic E-state index is 0.0110. The van der Waals surface area contributed by atoms with Gasteiger partial charge < -0.3 is 26.4 Å². The predicted molar refractivity (Wildman–Crippen MR) is 105 cm³/mol. The molecule has 1 aromatic heterocycles. The van der Waals surface area contributed by atoms with Crippen LogP contribution < -0.4 is 16.8 Å². The normalized spacial score (nSPS) is 20.1. The van der Waals surface area contributed by atoms with E-state index in [-0.39, 0.29) is 46.8 Å². The second kappa shape index (κ2) is 9.33. The maximum Gasteiger partial charge on any atom is 0.270 e. The number of rotatable bonds is 7. The fraction of sp³-hybridized carbons (Fsp3) is 0.667. The van der Waals surface area contributed by atoms with E-state index in [2.05, 4.69) is 9.69 Å². The molecule has 0 aromatic carbocycles. The number of nitrogens with two attached hydrogens (primary N) is 2. The average Bonchev–Trinajstić information content (AvgIpc) is 3.34. The zero-order valence-corrected chi connectivity index (χ0v) is 16.6. The molecule has 0 radical (unpaired) electrons. The number of nitrogens with one attached hydrogen (secondary N) is 1. The highest BCUT2D eigenvalue weighted by Crippen LogP contribution is 2.28. The van der Waals surface area contributed by atoms with Crippen molar-refractivity contribution >= 4 is 34.9 Å². The first-order valence-electron chi connectivity index (χ1n) is 9.71. The SMILES string of the molecule is NC(=O)c1nsc(C(=O)N(CC(=O)NCC2CCCO2)C2CCCCC2)c1N. The summed E-state index contributed by atoms with van der Waals surface area (Å²) in [6.45, 7) is 1.11. The lowest BCUT2D eigenvalue weighted by Crippen LogP contribution is -2.48. The van der Waals surface area contributed by atoms with E-state index in [1.165, 1.54) is 0 Å². The Morgan fingerprint density at radius 2 is 1.93 bits per heavy atom. The summed E-state index contributed by atoms with van der Waals surface area (Å²) in [7, 11) is 0. The minimum Gasteiger partial charge on any atom is -0.395 e. The zero-order valence-electron chi connectivity index (χ0n) is 15.8. The number of ether oxygens (including phenoxy) is 1. The van der Waals surface area contributed by atoms with Crippen LogP contribution in [-0.4, -0.2) is 58.8 Å². The Morgan fingerprint density at radius 1 is 1.18 bits per heavy atom. The van der Waals surface area contributed by atoms with Crippen molar-refractivity contribution in [3.8, 4) is 0 Å². The van der Waals surface area contributed by atoms with Crippen molar-refractivity contribution in [1.29, 1.82) is 0 Å². The highest BCUT2D eigenvalue weighted by atomic mass is 32.1. The molecule has 10 heteroatoms. The quantitative estimate of drug-likeness (QED) is 0.611. The topological polar surface area (TPSA) is 141 Å². The minimum atomic E-state index is -0.772. The monoisotopic (exact) mass is 409 g/mol. The molecule has 1 saturated carbocycles. The van der Waals surface area contributed by atoms with Crippen LogP contribution >= 0.6 is 11.5 Å². The molecule has 2 heterocycles. The van der Waals surface area contributed by atoms with Gasteiger partial charge in [-0.2, -0.15) is 4.37 Å². The van der Waals surface area contributed by atoms with Crippen LogP contribution in [0.5, 0.6) is 0 Å². The molecule has 5 N–H and O–H groups in total. The Labute approximate surface area is 167 Å². The van der Waals surface area contributed by atoms with Gasteiger partial charge in [0, 0.05) is 19.2 Å². The van der Waals surface area contributed by atoms with Crippen molar-refractivity contribution in [2.24, 2.45) is 5.73 Å².